The molecule has 0 aliphatic carbocycles. The number of rotatable bonds is 3. The highest BCUT2D eigenvalue weighted by atomic mass is 16.1. The summed E-state index contributed by atoms with van der Waals surface area (Å²) in [6, 6.07) is 1.81. The molecule has 0 aliphatic rings. The first-order valence-corrected chi connectivity index (χ1v) is 6.98. The number of aromatic amines is 1. The maximum atomic E-state index is 12.6. The van der Waals surface area contributed by atoms with Gasteiger partial charge in [0.05, 0.1) is 16.6 Å². The summed E-state index contributed by atoms with van der Waals surface area (Å²) < 4.78 is 1.70. The molecule has 8 heteroatoms. The number of anilines is 1. The van der Waals surface area contributed by atoms with Gasteiger partial charge >= 0.3 is 0 Å². The number of carbonyl (C=O) groups is 1. The molecule has 1 amide bonds. The van der Waals surface area contributed by atoms with E-state index in [4.69, 9.17) is 0 Å². The second-order valence-electron chi connectivity index (χ2n) is 5.45. The van der Waals surface area contributed by atoms with Gasteiger partial charge in [-0.25, -0.2) is 10.1 Å². The van der Waals surface area contributed by atoms with Crippen molar-refractivity contribution in [2.45, 2.75) is 26.7 Å². The molecule has 0 saturated carbocycles. The Hall–Kier alpha value is -2.77. The lowest BCUT2D eigenvalue weighted by molar-refractivity contribution is 0.102. The van der Waals surface area contributed by atoms with Gasteiger partial charge in [0, 0.05) is 12.7 Å². The minimum Gasteiger partial charge on any atom is -0.291 e. The van der Waals surface area contributed by atoms with Crippen LogP contribution < -0.4 is 5.32 Å². The zero-order chi connectivity index (χ0) is 15.9. The third kappa shape index (κ3) is 2.32. The summed E-state index contributed by atoms with van der Waals surface area (Å²) >= 11 is 0. The summed E-state index contributed by atoms with van der Waals surface area (Å²) in [5.41, 5.74) is 2.85. The van der Waals surface area contributed by atoms with Crippen molar-refractivity contribution in [2.75, 3.05) is 5.32 Å². The lowest BCUT2D eigenvalue weighted by Crippen LogP contribution is -2.15. The van der Waals surface area contributed by atoms with Gasteiger partial charge in [0.2, 0.25) is 5.95 Å². The van der Waals surface area contributed by atoms with Gasteiger partial charge in [-0.1, -0.05) is 13.8 Å². The van der Waals surface area contributed by atoms with E-state index in [2.05, 4.69) is 30.6 Å². The third-order valence-electron chi connectivity index (χ3n) is 3.47. The zero-order valence-corrected chi connectivity index (χ0v) is 12.9. The monoisotopic (exact) mass is 299 g/mol. The second kappa shape index (κ2) is 5.21. The Balaban J connectivity index is 2.16. The zero-order valence-electron chi connectivity index (χ0n) is 12.9. The van der Waals surface area contributed by atoms with E-state index in [1.165, 1.54) is 6.33 Å². The van der Waals surface area contributed by atoms with Crippen LogP contribution in [0.5, 0.6) is 0 Å². The van der Waals surface area contributed by atoms with Crippen LogP contribution in [0.4, 0.5) is 5.95 Å². The normalized spacial score (nSPS) is 11.3. The molecule has 3 aromatic rings. The van der Waals surface area contributed by atoms with E-state index >= 15 is 0 Å². The van der Waals surface area contributed by atoms with E-state index in [9.17, 15) is 4.79 Å². The number of hydrogen-bond acceptors (Lipinski definition) is 5. The van der Waals surface area contributed by atoms with Gasteiger partial charge in [0.1, 0.15) is 6.33 Å². The number of hydrogen-bond donors (Lipinski definition) is 2. The van der Waals surface area contributed by atoms with Crippen LogP contribution in [0.1, 0.15) is 41.5 Å². The third-order valence-corrected chi connectivity index (χ3v) is 3.47. The minimum atomic E-state index is -0.262. The summed E-state index contributed by atoms with van der Waals surface area (Å²) in [7, 11) is 1.82. The fraction of sp³-hybridized carbons (Fsp3) is 0.357. The Morgan fingerprint density at radius 3 is 2.82 bits per heavy atom. The SMILES string of the molecule is Cc1nn(C)c2nc(C(C)C)cc(C(=O)Nc3ncn[nH]3)c12. The number of pyridine rings is 1. The van der Waals surface area contributed by atoms with Gasteiger partial charge in [-0.15, -0.1) is 0 Å². The molecule has 0 spiro atoms. The quantitative estimate of drug-likeness (QED) is 0.767. The van der Waals surface area contributed by atoms with Gasteiger partial charge in [-0.3, -0.25) is 14.8 Å². The predicted octanol–water partition coefficient (Wildman–Crippen LogP) is 1.77. The van der Waals surface area contributed by atoms with Gasteiger partial charge in [0.15, 0.2) is 5.65 Å². The minimum absolute atomic E-state index is 0.205. The fourth-order valence-electron chi connectivity index (χ4n) is 2.38. The molecule has 8 nitrogen and oxygen atoms in total. The van der Waals surface area contributed by atoms with E-state index in [1.807, 2.05) is 33.9 Å². The number of aromatic nitrogens is 6. The molecule has 3 heterocycles. The van der Waals surface area contributed by atoms with Crippen molar-refractivity contribution in [1.29, 1.82) is 0 Å². The Kier molecular flexibility index (Phi) is 3.36. The first-order valence-electron chi connectivity index (χ1n) is 6.98. The van der Waals surface area contributed by atoms with Crippen LogP contribution in [0.3, 0.4) is 0 Å². The maximum Gasteiger partial charge on any atom is 0.258 e. The Morgan fingerprint density at radius 1 is 1.41 bits per heavy atom. The molecule has 0 fully saturated rings. The highest BCUT2D eigenvalue weighted by molar-refractivity contribution is 6.12. The standard InChI is InChI=1S/C14H17N7O/c1-7(2)10-5-9(13(22)18-14-15-6-16-19-14)11-8(3)20-21(4)12(11)17-10/h5-7H,1-4H3,(H2,15,16,18,19,22). The first kappa shape index (κ1) is 14.2. The molecule has 22 heavy (non-hydrogen) atoms. The molecule has 0 unspecified atom stereocenters. The molecule has 3 aromatic heterocycles. The van der Waals surface area contributed by atoms with E-state index in [0.29, 0.717) is 17.2 Å². The van der Waals surface area contributed by atoms with Crippen molar-refractivity contribution < 1.29 is 4.79 Å². The molecule has 0 aromatic carbocycles. The first-order chi connectivity index (χ1) is 10.5. The number of nitrogens with zero attached hydrogens (tertiary/aromatic N) is 5. The molecule has 114 valence electrons. The van der Waals surface area contributed by atoms with Crippen LogP contribution in [-0.2, 0) is 7.05 Å². The highest BCUT2D eigenvalue weighted by Gasteiger charge is 2.20. The smallest absolute Gasteiger partial charge is 0.258 e. The molecule has 0 bridgehead atoms. The van der Waals surface area contributed by atoms with Gasteiger partial charge in [0.25, 0.3) is 5.91 Å². The largest absolute Gasteiger partial charge is 0.291 e. The van der Waals surface area contributed by atoms with Crippen molar-refractivity contribution in [3.05, 3.63) is 29.3 Å². The average molecular weight is 299 g/mol. The van der Waals surface area contributed by atoms with Crippen LogP contribution in [-0.4, -0.2) is 35.9 Å². The number of fused-ring (bicyclic) bond motifs is 1. The molecule has 0 atom stereocenters. The van der Waals surface area contributed by atoms with Crippen molar-refractivity contribution in [3.8, 4) is 0 Å². The number of nitrogens with one attached hydrogen (secondary N) is 2. The molecule has 0 saturated heterocycles. The van der Waals surface area contributed by atoms with Gasteiger partial charge in [-0.05, 0) is 18.9 Å². The number of carbonyl (C=O) groups excluding carboxylic acids is 1. The van der Waals surface area contributed by atoms with Crippen molar-refractivity contribution >= 4 is 22.9 Å². The number of amides is 1. The van der Waals surface area contributed by atoms with E-state index in [1.54, 1.807) is 4.68 Å². The number of H-pyrrole nitrogens is 1. The van der Waals surface area contributed by atoms with Crippen molar-refractivity contribution in [2.24, 2.45) is 7.05 Å². The van der Waals surface area contributed by atoms with Crippen LogP contribution in [0, 0.1) is 6.92 Å². The summed E-state index contributed by atoms with van der Waals surface area (Å²) in [5, 5.41) is 14.2. The van der Waals surface area contributed by atoms with Crippen LogP contribution >= 0.6 is 0 Å². The molecule has 3 rings (SSSR count). The van der Waals surface area contributed by atoms with Gasteiger partial charge in [-0.2, -0.15) is 15.2 Å². The molecular formula is C14H17N7O. The summed E-state index contributed by atoms with van der Waals surface area (Å²) in [4.78, 5) is 21.1. The average Bonchev–Trinajstić information content (AvgIpc) is 3.07. The maximum absolute atomic E-state index is 12.6. The van der Waals surface area contributed by atoms with Crippen LogP contribution in [0.2, 0.25) is 0 Å². The summed E-state index contributed by atoms with van der Waals surface area (Å²) in [5.74, 6) is 0.251. The summed E-state index contributed by atoms with van der Waals surface area (Å²) in [6.45, 7) is 5.94. The Labute approximate surface area is 127 Å². The van der Waals surface area contributed by atoms with E-state index < -0.39 is 0 Å². The highest BCUT2D eigenvalue weighted by Crippen LogP contribution is 2.25. The van der Waals surface area contributed by atoms with Gasteiger partial charge < -0.3 is 0 Å². The van der Waals surface area contributed by atoms with E-state index in [0.717, 1.165) is 16.8 Å². The topological polar surface area (TPSA) is 101 Å². The Bertz CT molecular complexity index is 833. The molecule has 0 aliphatic heterocycles. The lowest BCUT2D eigenvalue weighted by Gasteiger charge is -2.09. The molecule has 2 N–H and O–H groups in total. The van der Waals surface area contributed by atoms with Crippen molar-refractivity contribution in [3.63, 3.8) is 0 Å². The fourth-order valence-corrected chi connectivity index (χ4v) is 2.38. The predicted molar refractivity (Wildman–Crippen MR) is 81.7 cm³/mol. The van der Waals surface area contributed by atoms with Crippen LogP contribution in [0.15, 0.2) is 12.4 Å². The molecular weight excluding hydrogens is 282 g/mol. The number of aryl methyl sites for hydroxylation is 2. The second-order valence-corrected chi connectivity index (χ2v) is 5.45. The Morgan fingerprint density at radius 2 is 2.18 bits per heavy atom. The van der Waals surface area contributed by atoms with E-state index in [-0.39, 0.29) is 11.8 Å². The van der Waals surface area contributed by atoms with Crippen LogP contribution in [0.25, 0.3) is 11.0 Å². The lowest BCUT2D eigenvalue weighted by atomic mass is 10.0. The van der Waals surface area contributed by atoms with Crippen molar-refractivity contribution in [1.82, 2.24) is 29.9 Å². The molecule has 0 radical (unpaired) electrons. The summed E-state index contributed by atoms with van der Waals surface area (Å²) in [6.07, 6.45) is 1.34.